The second-order valence-corrected chi connectivity index (χ2v) is 9.11. The number of fused-ring (bicyclic) bond motifs is 1. The Labute approximate surface area is 191 Å². The molecule has 0 bridgehead atoms. The summed E-state index contributed by atoms with van der Waals surface area (Å²) in [6.07, 6.45) is 6.91. The third kappa shape index (κ3) is 4.02. The summed E-state index contributed by atoms with van der Waals surface area (Å²) in [5, 5.41) is 12.9. The van der Waals surface area contributed by atoms with Crippen molar-refractivity contribution in [2.24, 2.45) is 5.73 Å². The molecule has 0 spiro atoms. The number of carbonyl (C=O) groups is 1. The van der Waals surface area contributed by atoms with Crippen LogP contribution in [0.4, 0.5) is 5.82 Å². The lowest BCUT2D eigenvalue weighted by Crippen LogP contribution is -2.35. The molecule has 0 aromatic carbocycles. The molecule has 0 unspecified atom stereocenters. The van der Waals surface area contributed by atoms with Gasteiger partial charge in [-0.25, -0.2) is 9.50 Å². The first kappa shape index (κ1) is 21.1. The van der Waals surface area contributed by atoms with E-state index in [0.717, 1.165) is 67.9 Å². The Bertz CT molecular complexity index is 1130. The second-order valence-electron chi connectivity index (χ2n) is 8.72. The highest BCUT2D eigenvalue weighted by Gasteiger charge is 2.31. The fourth-order valence-electron chi connectivity index (χ4n) is 4.72. The maximum atomic E-state index is 13.3. The Kier molecular flexibility index (Phi) is 5.69. The molecule has 3 aromatic heterocycles. The zero-order valence-electron chi connectivity index (χ0n) is 18.1. The fraction of sp³-hybridized carbons (Fsp3) is 0.500. The molecule has 3 aromatic rings. The smallest absolute Gasteiger partial charge is 0.274 e. The van der Waals surface area contributed by atoms with Crippen molar-refractivity contribution < 1.29 is 4.79 Å². The molecule has 0 radical (unpaired) electrons. The van der Waals surface area contributed by atoms with Crippen molar-refractivity contribution in [3.05, 3.63) is 46.5 Å². The normalized spacial score (nSPS) is 21.8. The first-order valence-corrected chi connectivity index (χ1v) is 11.5. The summed E-state index contributed by atoms with van der Waals surface area (Å²) in [5.41, 5.74) is 9.09. The molecule has 5 heterocycles. The van der Waals surface area contributed by atoms with E-state index in [1.807, 2.05) is 28.6 Å². The van der Waals surface area contributed by atoms with Crippen molar-refractivity contribution in [3.8, 4) is 0 Å². The van der Waals surface area contributed by atoms with Crippen LogP contribution in [0.2, 0.25) is 5.15 Å². The van der Waals surface area contributed by atoms with Gasteiger partial charge in [0.2, 0.25) is 0 Å². The summed E-state index contributed by atoms with van der Waals surface area (Å²) in [4.78, 5) is 22.3. The van der Waals surface area contributed by atoms with Crippen LogP contribution in [0.25, 0.3) is 5.65 Å². The molecule has 2 aliphatic heterocycles. The van der Waals surface area contributed by atoms with E-state index in [2.05, 4.69) is 15.1 Å². The average Bonchev–Trinajstić information content (AvgIpc) is 3.30. The van der Waals surface area contributed by atoms with E-state index in [4.69, 9.17) is 27.4 Å². The lowest BCUT2D eigenvalue weighted by Gasteiger charge is -2.28. The number of hydrogen-bond acceptors (Lipinski definition) is 7. The van der Waals surface area contributed by atoms with Gasteiger partial charge in [0.1, 0.15) is 5.82 Å². The number of rotatable bonds is 3. The van der Waals surface area contributed by atoms with Gasteiger partial charge in [-0.1, -0.05) is 24.4 Å². The van der Waals surface area contributed by atoms with Crippen molar-refractivity contribution in [2.45, 2.75) is 51.1 Å². The number of amides is 1. The number of aryl methyl sites for hydroxylation is 1. The minimum Gasteiger partial charge on any atom is -0.355 e. The van der Waals surface area contributed by atoms with E-state index in [9.17, 15) is 4.79 Å². The van der Waals surface area contributed by atoms with Crippen LogP contribution < -0.4 is 10.6 Å². The molecule has 5 rings (SSSR count). The van der Waals surface area contributed by atoms with Crippen molar-refractivity contribution in [1.82, 2.24) is 29.7 Å². The molecule has 2 N–H and O–H groups in total. The van der Waals surface area contributed by atoms with Gasteiger partial charge in [-0.05, 0) is 38.3 Å². The van der Waals surface area contributed by atoms with Gasteiger partial charge in [-0.2, -0.15) is 5.10 Å². The van der Waals surface area contributed by atoms with Crippen molar-refractivity contribution >= 4 is 29.0 Å². The number of likely N-dealkylation sites (tertiary alicyclic amines) is 1. The highest BCUT2D eigenvalue weighted by Crippen LogP contribution is 2.32. The number of carbonyl (C=O) groups excluding carboxylic acids is 1. The monoisotopic (exact) mass is 454 g/mol. The first-order valence-electron chi connectivity index (χ1n) is 11.2. The molecular formula is C22H27ClN8O. The van der Waals surface area contributed by atoms with Gasteiger partial charge >= 0.3 is 0 Å². The van der Waals surface area contributed by atoms with E-state index >= 15 is 0 Å². The number of hydrogen-bond donors (Lipinski definition) is 1. The number of nitrogens with two attached hydrogens (primary N) is 1. The predicted octanol–water partition coefficient (Wildman–Crippen LogP) is 2.78. The minimum absolute atomic E-state index is 0.131. The van der Waals surface area contributed by atoms with Crippen LogP contribution in [0.1, 0.15) is 59.9 Å². The summed E-state index contributed by atoms with van der Waals surface area (Å²) < 4.78 is 1.82. The van der Waals surface area contributed by atoms with Crippen LogP contribution in [-0.4, -0.2) is 61.3 Å². The standard InChI is InChI=1S/C22H27ClN8O/c1-14-12-31-20(25-21(14)29-10-8-15(24)13-29)11-17(28-31)18-5-3-2-4-9-30(18)22(32)16-6-7-19(23)27-26-16/h6-7,11-12,15,18H,2-5,8-10,13,24H2,1H3/t15-,18-/m0/s1. The Morgan fingerprint density at radius 3 is 2.78 bits per heavy atom. The largest absolute Gasteiger partial charge is 0.355 e. The third-order valence-corrected chi connectivity index (χ3v) is 6.56. The van der Waals surface area contributed by atoms with Gasteiger partial charge in [0.05, 0.1) is 11.7 Å². The molecule has 168 valence electrons. The van der Waals surface area contributed by atoms with Crippen LogP contribution in [0.5, 0.6) is 0 Å². The maximum absolute atomic E-state index is 13.3. The SMILES string of the molecule is Cc1cn2nc([C@@H]3CCCCCN3C(=O)c3ccc(Cl)nn3)cc2nc1N1CC[C@H](N)C1. The van der Waals surface area contributed by atoms with E-state index in [1.165, 1.54) is 0 Å². The van der Waals surface area contributed by atoms with E-state index in [0.29, 0.717) is 12.2 Å². The Morgan fingerprint density at radius 2 is 2.03 bits per heavy atom. The molecule has 0 saturated carbocycles. The van der Waals surface area contributed by atoms with Gasteiger partial charge < -0.3 is 15.5 Å². The second kappa shape index (κ2) is 8.63. The van der Waals surface area contributed by atoms with Crippen molar-refractivity contribution in [2.75, 3.05) is 24.5 Å². The van der Waals surface area contributed by atoms with E-state index < -0.39 is 0 Å². The van der Waals surface area contributed by atoms with Crippen LogP contribution in [-0.2, 0) is 0 Å². The molecule has 32 heavy (non-hydrogen) atoms. The summed E-state index contributed by atoms with van der Waals surface area (Å²) >= 11 is 5.85. The zero-order chi connectivity index (χ0) is 22.2. The molecule has 10 heteroatoms. The highest BCUT2D eigenvalue weighted by molar-refractivity contribution is 6.29. The number of anilines is 1. The van der Waals surface area contributed by atoms with E-state index in [-0.39, 0.29) is 23.1 Å². The lowest BCUT2D eigenvalue weighted by molar-refractivity contribution is 0.0669. The lowest BCUT2D eigenvalue weighted by atomic mass is 10.1. The highest BCUT2D eigenvalue weighted by atomic mass is 35.5. The molecule has 0 aliphatic carbocycles. The van der Waals surface area contributed by atoms with Crippen molar-refractivity contribution in [1.29, 1.82) is 0 Å². The van der Waals surface area contributed by atoms with E-state index in [1.54, 1.807) is 12.1 Å². The number of halogens is 1. The molecule has 2 fully saturated rings. The van der Waals surface area contributed by atoms with Crippen LogP contribution in [0, 0.1) is 6.92 Å². The molecular weight excluding hydrogens is 428 g/mol. The van der Waals surface area contributed by atoms with Gasteiger partial charge in [-0.15, -0.1) is 10.2 Å². The molecule has 2 atom stereocenters. The molecule has 9 nitrogen and oxygen atoms in total. The molecule has 1 amide bonds. The zero-order valence-corrected chi connectivity index (χ0v) is 18.9. The fourth-order valence-corrected chi connectivity index (χ4v) is 4.82. The quantitative estimate of drug-likeness (QED) is 0.648. The maximum Gasteiger partial charge on any atom is 0.274 e. The van der Waals surface area contributed by atoms with Gasteiger partial charge in [0.25, 0.3) is 5.91 Å². The summed E-state index contributed by atoms with van der Waals surface area (Å²) in [5.74, 6) is 0.816. The Hall–Kier alpha value is -2.78. The Balaban J connectivity index is 1.48. The Morgan fingerprint density at radius 1 is 1.16 bits per heavy atom. The van der Waals surface area contributed by atoms with Crippen LogP contribution >= 0.6 is 11.6 Å². The topological polar surface area (TPSA) is 106 Å². The van der Waals surface area contributed by atoms with Gasteiger partial charge in [0, 0.05) is 43.5 Å². The van der Waals surface area contributed by atoms with Crippen molar-refractivity contribution in [3.63, 3.8) is 0 Å². The van der Waals surface area contributed by atoms with Gasteiger partial charge in [0.15, 0.2) is 16.5 Å². The van der Waals surface area contributed by atoms with Crippen LogP contribution in [0.3, 0.4) is 0 Å². The summed E-state index contributed by atoms with van der Waals surface area (Å²) in [7, 11) is 0. The first-order chi connectivity index (χ1) is 15.5. The average molecular weight is 455 g/mol. The third-order valence-electron chi connectivity index (χ3n) is 6.35. The van der Waals surface area contributed by atoms with Gasteiger partial charge in [-0.3, -0.25) is 4.79 Å². The summed E-state index contributed by atoms with van der Waals surface area (Å²) in [6, 6.07) is 5.28. The minimum atomic E-state index is -0.144. The molecule has 2 aliphatic rings. The number of aromatic nitrogens is 5. The predicted molar refractivity (Wildman–Crippen MR) is 122 cm³/mol. The summed E-state index contributed by atoms with van der Waals surface area (Å²) in [6.45, 7) is 4.44. The number of nitrogens with zero attached hydrogens (tertiary/aromatic N) is 7. The van der Waals surface area contributed by atoms with Crippen LogP contribution in [0.15, 0.2) is 24.4 Å². The molecule has 2 saturated heterocycles.